The summed E-state index contributed by atoms with van der Waals surface area (Å²) in [6.45, 7) is 3.18. The molecule has 1 N–H and O–H groups in total. The molecular formula is C11H19NO3S. The molecule has 0 aromatic carbocycles. The summed E-state index contributed by atoms with van der Waals surface area (Å²) in [4.78, 5) is 24.5. The van der Waals surface area contributed by atoms with Gasteiger partial charge in [-0.25, -0.2) is 0 Å². The fraction of sp³-hybridized carbons (Fsp3) is 0.818. The quantitative estimate of drug-likeness (QED) is 0.814. The zero-order chi connectivity index (χ0) is 12.3. The van der Waals surface area contributed by atoms with Gasteiger partial charge in [-0.15, -0.1) is 0 Å². The average Bonchev–Trinajstić information content (AvgIpc) is 2.68. The number of amides is 1. The van der Waals surface area contributed by atoms with Crippen LogP contribution >= 0.6 is 11.8 Å². The number of carbonyl (C=O) groups excluding carboxylic acids is 1. The lowest BCUT2D eigenvalue weighted by molar-refractivity contribution is -0.151. The monoisotopic (exact) mass is 245 g/mol. The number of nitrogens with zero attached hydrogens (tertiary/aromatic N) is 1. The second kappa shape index (κ2) is 5.08. The summed E-state index contributed by atoms with van der Waals surface area (Å²) in [5, 5.41) is 8.96. The lowest BCUT2D eigenvalue weighted by atomic mass is 9.89. The first-order valence-electron chi connectivity index (χ1n) is 5.41. The molecule has 0 radical (unpaired) electrons. The number of hydrogen-bond donors (Lipinski definition) is 1. The summed E-state index contributed by atoms with van der Waals surface area (Å²) in [6.07, 6.45) is 1.08. The first-order valence-corrected chi connectivity index (χ1v) is 6.57. The standard InChI is InChI=1S/C11H19NO3S/c1-11(2,10(14)15)6-9(13)12(3)8-4-5-16-7-8/h8H,4-7H2,1-3H3,(H,14,15). The lowest BCUT2D eigenvalue weighted by Gasteiger charge is -2.27. The zero-order valence-electron chi connectivity index (χ0n) is 10.0. The predicted octanol–water partition coefficient (Wildman–Crippen LogP) is 1.45. The van der Waals surface area contributed by atoms with Crippen LogP contribution in [0, 0.1) is 5.41 Å². The Morgan fingerprint density at radius 3 is 2.56 bits per heavy atom. The zero-order valence-corrected chi connectivity index (χ0v) is 10.8. The number of carboxylic acids is 1. The second-order valence-electron chi connectivity index (χ2n) is 4.89. The van der Waals surface area contributed by atoms with E-state index in [9.17, 15) is 9.59 Å². The van der Waals surface area contributed by atoms with E-state index in [4.69, 9.17) is 5.11 Å². The Kier molecular flexibility index (Phi) is 4.24. The summed E-state index contributed by atoms with van der Waals surface area (Å²) < 4.78 is 0. The molecule has 1 heterocycles. The van der Waals surface area contributed by atoms with E-state index in [0.717, 1.165) is 17.9 Å². The highest BCUT2D eigenvalue weighted by Crippen LogP contribution is 2.25. The molecule has 92 valence electrons. The molecule has 1 aliphatic heterocycles. The van der Waals surface area contributed by atoms with Gasteiger partial charge in [0.25, 0.3) is 0 Å². The molecule has 1 amide bonds. The molecule has 1 fully saturated rings. The van der Waals surface area contributed by atoms with Crippen LogP contribution in [-0.4, -0.2) is 46.5 Å². The SMILES string of the molecule is CN(C(=O)CC(C)(C)C(=O)O)C1CCSC1. The second-order valence-corrected chi connectivity index (χ2v) is 6.04. The van der Waals surface area contributed by atoms with E-state index in [1.165, 1.54) is 0 Å². The minimum atomic E-state index is -0.975. The molecule has 1 aliphatic rings. The van der Waals surface area contributed by atoms with Crippen molar-refractivity contribution in [1.82, 2.24) is 4.90 Å². The van der Waals surface area contributed by atoms with Crippen molar-refractivity contribution in [1.29, 1.82) is 0 Å². The van der Waals surface area contributed by atoms with Crippen LogP contribution in [0.2, 0.25) is 0 Å². The van der Waals surface area contributed by atoms with E-state index >= 15 is 0 Å². The molecule has 0 aliphatic carbocycles. The highest BCUT2D eigenvalue weighted by atomic mass is 32.2. The molecular weight excluding hydrogens is 226 g/mol. The summed E-state index contributed by atoms with van der Waals surface area (Å²) >= 11 is 1.84. The van der Waals surface area contributed by atoms with Crippen molar-refractivity contribution in [2.24, 2.45) is 5.41 Å². The summed E-state index contributed by atoms with van der Waals surface area (Å²) in [7, 11) is 1.77. The first kappa shape index (κ1) is 13.4. The Hall–Kier alpha value is -0.710. The number of rotatable bonds is 4. The molecule has 1 saturated heterocycles. The van der Waals surface area contributed by atoms with Gasteiger partial charge in [0, 0.05) is 25.3 Å². The van der Waals surface area contributed by atoms with Crippen LogP contribution in [-0.2, 0) is 9.59 Å². The number of carboxylic acid groups (broad SMARTS) is 1. The van der Waals surface area contributed by atoms with E-state index < -0.39 is 11.4 Å². The smallest absolute Gasteiger partial charge is 0.309 e. The fourth-order valence-electron chi connectivity index (χ4n) is 1.61. The topological polar surface area (TPSA) is 57.6 Å². The van der Waals surface area contributed by atoms with Crippen molar-refractivity contribution >= 4 is 23.6 Å². The largest absolute Gasteiger partial charge is 0.481 e. The molecule has 1 unspecified atom stereocenters. The van der Waals surface area contributed by atoms with E-state index in [1.54, 1.807) is 25.8 Å². The van der Waals surface area contributed by atoms with Gasteiger partial charge in [0.05, 0.1) is 5.41 Å². The van der Waals surface area contributed by atoms with Gasteiger partial charge in [-0.3, -0.25) is 9.59 Å². The van der Waals surface area contributed by atoms with Gasteiger partial charge >= 0.3 is 5.97 Å². The molecule has 16 heavy (non-hydrogen) atoms. The van der Waals surface area contributed by atoms with Crippen LogP contribution in [0.15, 0.2) is 0 Å². The van der Waals surface area contributed by atoms with Gasteiger partial charge in [0.15, 0.2) is 0 Å². The third-order valence-corrected chi connectivity index (χ3v) is 4.16. The van der Waals surface area contributed by atoms with Gasteiger partial charge in [0.1, 0.15) is 0 Å². The van der Waals surface area contributed by atoms with Crippen LogP contribution in [0.1, 0.15) is 26.7 Å². The van der Waals surface area contributed by atoms with Crippen molar-refractivity contribution in [3.8, 4) is 0 Å². The molecule has 0 spiro atoms. The van der Waals surface area contributed by atoms with Crippen molar-refractivity contribution in [3.05, 3.63) is 0 Å². The minimum Gasteiger partial charge on any atom is -0.481 e. The fourth-order valence-corrected chi connectivity index (χ4v) is 2.88. The van der Waals surface area contributed by atoms with Gasteiger partial charge in [-0.1, -0.05) is 0 Å². The Morgan fingerprint density at radius 2 is 2.12 bits per heavy atom. The minimum absolute atomic E-state index is 0.0694. The maximum absolute atomic E-state index is 11.9. The van der Waals surface area contributed by atoms with Crippen molar-refractivity contribution < 1.29 is 14.7 Å². The van der Waals surface area contributed by atoms with Crippen molar-refractivity contribution in [2.45, 2.75) is 32.7 Å². The molecule has 1 atom stereocenters. The van der Waals surface area contributed by atoms with Crippen molar-refractivity contribution in [2.75, 3.05) is 18.6 Å². The highest BCUT2D eigenvalue weighted by molar-refractivity contribution is 7.99. The molecule has 4 nitrogen and oxygen atoms in total. The van der Waals surface area contributed by atoms with Crippen LogP contribution in [0.3, 0.4) is 0 Å². The predicted molar refractivity (Wildman–Crippen MR) is 64.5 cm³/mol. The van der Waals surface area contributed by atoms with Gasteiger partial charge in [-0.05, 0) is 26.0 Å². The van der Waals surface area contributed by atoms with Gasteiger partial charge < -0.3 is 10.0 Å². The maximum Gasteiger partial charge on any atom is 0.309 e. The molecule has 5 heteroatoms. The number of thioether (sulfide) groups is 1. The lowest BCUT2D eigenvalue weighted by Crippen LogP contribution is -2.40. The molecule has 0 bridgehead atoms. The number of hydrogen-bond acceptors (Lipinski definition) is 3. The first-order chi connectivity index (χ1) is 7.34. The van der Waals surface area contributed by atoms with Crippen LogP contribution in [0.25, 0.3) is 0 Å². The molecule has 1 rings (SSSR count). The van der Waals surface area contributed by atoms with Crippen LogP contribution in [0.5, 0.6) is 0 Å². The Balaban J connectivity index is 2.54. The Morgan fingerprint density at radius 1 is 1.50 bits per heavy atom. The Labute approximate surface area is 100 Å². The van der Waals surface area contributed by atoms with E-state index in [0.29, 0.717) is 0 Å². The van der Waals surface area contributed by atoms with E-state index in [2.05, 4.69) is 0 Å². The summed E-state index contributed by atoms with van der Waals surface area (Å²) in [5.41, 5.74) is -0.975. The van der Waals surface area contributed by atoms with Crippen LogP contribution in [0.4, 0.5) is 0 Å². The van der Waals surface area contributed by atoms with Crippen molar-refractivity contribution in [3.63, 3.8) is 0 Å². The third kappa shape index (κ3) is 3.14. The third-order valence-electron chi connectivity index (χ3n) is 3.02. The summed E-state index contributed by atoms with van der Waals surface area (Å²) in [6, 6.07) is 0.280. The number of aliphatic carboxylic acids is 1. The van der Waals surface area contributed by atoms with E-state index in [-0.39, 0.29) is 18.4 Å². The highest BCUT2D eigenvalue weighted by Gasteiger charge is 2.33. The molecule has 0 aromatic rings. The average molecular weight is 245 g/mol. The van der Waals surface area contributed by atoms with Crippen LogP contribution < -0.4 is 0 Å². The van der Waals surface area contributed by atoms with Gasteiger partial charge in [0.2, 0.25) is 5.91 Å². The maximum atomic E-state index is 11.9. The van der Waals surface area contributed by atoms with E-state index in [1.807, 2.05) is 11.8 Å². The van der Waals surface area contributed by atoms with Gasteiger partial charge in [-0.2, -0.15) is 11.8 Å². The number of carbonyl (C=O) groups is 2. The summed E-state index contributed by atoms with van der Waals surface area (Å²) in [5.74, 6) is 1.07. The Bertz CT molecular complexity index is 285. The molecule has 0 aromatic heterocycles. The normalized spacial score (nSPS) is 20.8. The molecule has 0 saturated carbocycles.